The first-order valence-corrected chi connectivity index (χ1v) is 5.12. The van der Waals surface area contributed by atoms with E-state index in [0.717, 1.165) is 34.7 Å². The van der Waals surface area contributed by atoms with E-state index < -0.39 is 0 Å². The van der Waals surface area contributed by atoms with Crippen LogP contribution in [0.2, 0.25) is 5.02 Å². The van der Waals surface area contributed by atoms with Gasteiger partial charge in [-0.05, 0) is 36.1 Å². The lowest BCUT2D eigenvalue weighted by Gasteiger charge is -2.12. The van der Waals surface area contributed by atoms with Crippen molar-refractivity contribution >= 4 is 23.7 Å². The van der Waals surface area contributed by atoms with Crippen molar-refractivity contribution in [1.82, 2.24) is 0 Å². The number of carbonyl (C=O) groups excluding carboxylic acids is 1. The number of hydrogen-bond donors (Lipinski definition) is 1. The summed E-state index contributed by atoms with van der Waals surface area (Å²) in [6, 6.07) is 3.79. The van der Waals surface area contributed by atoms with Crippen LogP contribution in [0.25, 0.3) is 0 Å². The fourth-order valence-corrected chi connectivity index (χ4v) is 1.79. The van der Waals surface area contributed by atoms with Gasteiger partial charge >= 0.3 is 0 Å². The fraction of sp³-hybridized carbons (Fsp3) is 0.364. The molecule has 1 amide bonds. The van der Waals surface area contributed by atoms with Gasteiger partial charge in [0.1, 0.15) is 0 Å². The average molecular weight is 212 g/mol. The minimum atomic E-state index is 0.710. The largest absolute Gasteiger partial charge is 0.328 e. The lowest BCUT2D eigenvalue weighted by atomic mass is 10.0. The van der Waals surface area contributed by atoms with Crippen LogP contribution in [-0.2, 0) is 17.6 Å². The smallest absolute Gasteiger partial charge is 0.211 e. The molecule has 0 saturated heterocycles. The zero-order valence-corrected chi connectivity index (χ0v) is 9.19. The normalized spacial score (nSPS) is 9.93. The van der Waals surface area contributed by atoms with Crippen molar-refractivity contribution in [2.45, 2.75) is 26.7 Å². The zero-order chi connectivity index (χ0) is 10.6. The van der Waals surface area contributed by atoms with Gasteiger partial charge in [0.05, 0.1) is 0 Å². The van der Waals surface area contributed by atoms with Crippen LogP contribution in [0, 0.1) is 0 Å². The Labute approximate surface area is 89.3 Å². The Morgan fingerprint density at radius 3 is 2.14 bits per heavy atom. The summed E-state index contributed by atoms with van der Waals surface area (Å²) >= 11 is 5.96. The Bertz CT molecular complexity index is 311. The first kappa shape index (κ1) is 11.1. The maximum Gasteiger partial charge on any atom is 0.211 e. The Morgan fingerprint density at radius 1 is 1.29 bits per heavy atom. The van der Waals surface area contributed by atoms with E-state index in [4.69, 9.17) is 11.6 Å². The monoisotopic (exact) mass is 211 g/mol. The Morgan fingerprint density at radius 2 is 1.79 bits per heavy atom. The lowest BCUT2D eigenvalue weighted by Crippen LogP contribution is -2.02. The van der Waals surface area contributed by atoms with Crippen molar-refractivity contribution in [2.24, 2.45) is 0 Å². The highest BCUT2D eigenvalue weighted by Gasteiger charge is 2.07. The zero-order valence-electron chi connectivity index (χ0n) is 8.43. The van der Waals surface area contributed by atoms with Gasteiger partial charge in [0.25, 0.3) is 0 Å². The van der Waals surface area contributed by atoms with Crippen molar-refractivity contribution in [3.05, 3.63) is 28.3 Å². The van der Waals surface area contributed by atoms with E-state index in [9.17, 15) is 4.79 Å². The van der Waals surface area contributed by atoms with Gasteiger partial charge < -0.3 is 5.32 Å². The quantitative estimate of drug-likeness (QED) is 0.763. The van der Waals surface area contributed by atoms with Crippen LogP contribution in [0.5, 0.6) is 0 Å². The molecule has 1 N–H and O–H groups in total. The summed E-state index contributed by atoms with van der Waals surface area (Å²) < 4.78 is 0. The second-order valence-corrected chi connectivity index (χ2v) is 3.50. The van der Waals surface area contributed by atoms with E-state index in [1.165, 1.54) is 0 Å². The van der Waals surface area contributed by atoms with Crippen LogP contribution >= 0.6 is 11.6 Å². The van der Waals surface area contributed by atoms with Crippen LogP contribution in [0.15, 0.2) is 12.1 Å². The van der Waals surface area contributed by atoms with Crippen LogP contribution in [0.4, 0.5) is 5.69 Å². The summed E-state index contributed by atoms with van der Waals surface area (Å²) in [5.74, 6) is 0. The van der Waals surface area contributed by atoms with Crippen LogP contribution < -0.4 is 5.32 Å². The second kappa shape index (κ2) is 5.01. The molecule has 76 valence electrons. The van der Waals surface area contributed by atoms with E-state index in [0.29, 0.717) is 6.41 Å². The number of halogens is 1. The van der Waals surface area contributed by atoms with Crippen molar-refractivity contribution in [3.63, 3.8) is 0 Å². The van der Waals surface area contributed by atoms with Gasteiger partial charge in [-0.2, -0.15) is 0 Å². The van der Waals surface area contributed by atoms with E-state index in [-0.39, 0.29) is 0 Å². The number of amides is 1. The highest BCUT2D eigenvalue weighted by atomic mass is 35.5. The number of hydrogen-bond acceptors (Lipinski definition) is 1. The minimum Gasteiger partial charge on any atom is -0.328 e. The molecule has 0 aromatic heterocycles. The number of carbonyl (C=O) groups is 1. The summed E-state index contributed by atoms with van der Waals surface area (Å²) in [5, 5.41) is 3.47. The van der Waals surface area contributed by atoms with E-state index in [1.807, 2.05) is 26.0 Å². The van der Waals surface area contributed by atoms with Gasteiger partial charge in [-0.3, -0.25) is 4.79 Å². The predicted octanol–water partition coefficient (Wildman–Crippen LogP) is 3.03. The standard InChI is InChI=1S/C11H14ClNO/c1-3-8-5-10(12)6-9(4-2)11(8)13-7-14/h5-7H,3-4H2,1-2H3,(H,13,14). The molecule has 1 aromatic rings. The first-order chi connectivity index (χ1) is 6.72. The average Bonchev–Trinajstić information content (AvgIpc) is 2.20. The van der Waals surface area contributed by atoms with Crippen molar-refractivity contribution in [1.29, 1.82) is 0 Å². The third-order valence-electron chi connectivity index (χ3n) is 2.23. The number of benzene rings is 1. The number of nitrogens with one attached hydrogen (secondary N) is 1. The Kier molecular flexibility index (Phi) is 3.96. The molecule has 0 fully saturated rings. The fourth-order valence-electron chi connectivity index (χ4n) is 1.53. The van der Waals surface area contributed by atoms with Gasteiger partial charge in [-0.15, -0.1) is 0 Å². The van der Waals surface area contributed by atoms with Gasteiger partial charge in [-0.25, -0.2) is 0 Å². The molecule has 2 nitrogen and oxygen atoms in total. The third-order valence-corrected chi connectivity index (χ3v) is 2.45. The van der Waals surface area contributed by atoms with E-state index >= 15 is 0 Å². The molecule has 0 bridgehead atoms. The molecule has 0 saturated carbocycles. The molecule has 0 heterocycles. The number of rotatable bonds is 4. The maximum atomic E-state index is 10.5. The van der Waals surface area contributed by atoms with Gasteiger partial charge in [0.15, 0.2) is 0 Å². The van der Waals surface area contributed by atoms with Crippen molar-refractivity contribution in [2.75, 3.05) is 5.32 Å². The molecule has 3 heteroatoms. The van der Waals surface area contributed by atoms with E-state index in [1.54, 1.807) is 0 Å². The summed E-state index contributed by atoms with van der Waals surface area (Å²) in [6.45, 7) is 4.09. The Balaban J connectivity index is 3.24. The number of aryl methyl sites for hydroxylation is 2. The molecule has 1 aromatic carbocycles. The molecule has 0 aliphatic rings. The molecule has 0 aliphatic carbocycles. The molecular weight excluding hydrogens is 198 g/mol. The number of anilines is 1. The molecule has 1 rings (SSSR count). The molecule has 0 aliphatic heterocycles. The predicted molar refractivity (Wildman–Crippen MR) is 59.9 cm³/mol. The molecule has 0 unspecified atom stereocenters. The van der Waals surface area contributed by atoms with Crippen molar-refractivity contribution < 1.29 is 4.79 Å². The SMILES string of the molecule is CCc1cc(Cl)cc(CC)c1NC=O. The maximum absolute atomic E-state index is 10.5. The molecular formula is C11H14ClNO. The molecule has 14 heavy (non-hydrogen) atoms. The molecule has 0 atom stereocenters. The summed E-state index contributed by atoms with van der Waals surface area (Å²) in [7, 11) is 0. The highest BCUT2D eigenvalue weighted by Crippen LogP contribution is 2.26. The third kappa shape index (κ3) is 2.26. The van der Waals surface area contributed by atoms with Gasteiger partial charge in [0, 0.05) is 10.7 Å². The van der Waals surface area contributed by atoms with Crippen LogP contribution in [0.3, 0.4) is 0 Å². The van der Waals surface area contributed by atoms with E-state index in [2.05, 4.69) is 5.32 Å². The highest BCUT2D eigenvalue weighted by molar-refractivity contribution is 6.30. The van der Waals surface area contributed by atoms with Gasteiger partial charge in [0.2, 0.25) is 6.41 Å². The first-order valence-electron chi connectivity index (χ1n) is 4.74. The minimum absolute atomic E-state index is 0.710. The molecule has 0 radical (unpaired) electrons. The summed E-state index contributed by atoms with van der Waals surface area (Å²) in [6.07, 6.45) is 2.44. The van der Waals surface area contributed by atoms with Crippen molar-refractivity contribution in [3.8, 4) is 0 Å². The lowest BCUT2D eigenvalue weighted by molar-refractivity contribution is -0.105. The second-order valence-electron chi connectivity index (χ2n) is 3.07. The Hall–Kier alpha value is -1.02. The van der Waals surface area contributed by atoms with Gasteiger partial charge in [-0.1, -0.05) is 25.4 Å². The van der Waals surface area contributed by atoms with Crippen LogP contribution in [0.1, 0.15) is 25.0 Å². The topological polar surface area (TPSA) is 29.1 Å². The summed E-state index contributed by atoms with van der Waals surface area (Å²) in [5.41, 5.74) is 3.08. The molecule has 0 spiro atoms. The van der Waals surface area contributed by atoms with Crippen LogP contribution in [-0.4, -0.2) is 6.41 Å². The summed E-state index contributed by atoms with van der Waals surface area (Å²) in [4.78, 5) is 10.5.